The Labute approximate surface area is 165 Å². The van der Waals surface area contributed by atoms with Gasteiger partial charge in [-0.2, -0.15) is 0 Å². The summed E-state index contributed by atoms with van der Waals surface area (Å²) in [6.45, 7) is 6.18. The van der Waals surface area contributed by atoms with Gasteiger partial charge in [-0.15, -0.1) is 0 Å². The second-order valence-corrected chi connectivity index (χ2v) is 6.55. The van der Waals surface area contributed by atoms with Gasteiger partial charge in [0.2, 0.25) is 5.95 Å². The summed E-state index contributed by atoms with van der Waals surface area (Å²) >= 11 is 0. The van der Waals surface area contributed by atoms with Crippen LogP contribution in [0.25, 0.3) is 11.3 Å². The van der Waals surface area contributed by atoms with E-state index in [1.807, 2.05) is 57.2 Å². The third-order valence-electron chi connectivity index (χ3n) is 4.12. The molecular weight excluding hydrogens is 352 g/mol. The lowest BCUT2D eigenvalue weighted by molar-refractivity contribution is -0.143. The van der Waals surface area contributed by atoms with E-state index in [0.29, 0.717) is 25.4 Å². The highest BCUT2D eigenvalue weighted by molar-refractivity contribution is 5.70. The van der Waals surface area contributed by atoms with Crippen molar-refractivity contribution in [3.63, 3.8) is 0 Å². The Morgan fingerprint density at radius 2 is 1.96 bits per heavy atom. The van der Waals surface area contributed by atoms with E-state index in [1.165, 1.54) is 0 Å². The molecule has 3 aromatic rings. The van der Waals surface area contributed by atoms with Crippen molar-refractivity contribution in [3.8, 4) is 11.3 Å². The Hall–Kier alpha value is -3.28. The van der Waals surface area contributed by atoms with Gasteiger partial charge in [0.25, 0.3) is 0 Å². The summed E-state index contributed by atoms with van der Waals surface area (Å²) in [4.78, 5) is 24.9. The lowest BCUT2D eigenvalue weighted by Crippen LogP contribution is -2.06. The molecule has 2 aromatic heterocycles. The van der Waals surface area contributed by atoms with Crippen molar-refractivity contribution in [2.45, 2.75) is 33.6 Å². The summed E-state index contributed by atoms with van der Waals surface area (Å²) in [5.74, 6) is 0.364. The van der Waals surface area contributed by atoms with Crippen LogP contribution in [0.2, 0.25) is 0 Å². The number of carbonyl (C=O) groups excluding carboxylic acids is 1. The first-order valence-corrected chi connectivity index (χ1v) is 9.34. The molecule has 0 radical (unpaired) electrons. The van der Waals surface area contributed by atoms with Crippen molar-refractivity contribution < 1.29 is 9.53 Å². The molecule has 0 spiro atoms. The number of anilines is 2. The third kappa shape index (κ3) is 5.36. The Morgan fingerprint density at radius 1 is 1.11 bits per heavy atom. The molecule has 0 amide bonds. The van der Waals surface area contributed by atoms with Crippen molar-refractivity contribution in [1.82, 2.24) is 15.0 Å². The maximum Gasteiger partial charge on any atom is 0.306 e. The number of hydrogen-bond acceptors (Lipinski definition) is 6. The smallest absolute Gasteiger partial charge is 0.306 e. The van der Waals surface area contributed by atoms with Crippen LogP contribution in [0.1, 0.15) is 30.3 Å². The minimum absolute atomic E-state index is 0.199. The highest BCUT2D eigenvalue weighted by Gasteiger charge is 2.08. The largest absolute Gasteiger partial charge is 0.466 e. The van der Waals surface area contributed by atoms with E-state index in [-0.39, 0.29) is 5.97 Å². The van der Waals surface area contributed by atoms with E-state index in [2.05, 4.69) is 21.4 Å². The normalized spacial score (nSPS) is 10.5. The molecule has 3 rings (SSSR count). The Kier molecular flexibility index (Phi) is 6.32. The first-order chi connectivity index (χ1) is 13.5. The molecule has 1 aromatic carbocycles. The Morgan fingerprint density at radius 3 is 2.75 bits per heavy atom. The average Bonchev–Trinajstić information content (AvgIpc) is 2.66. The molecule has 6 nitrogen and oxygen atoms in total. The molecule has 6 heteroatoms. The van der Waals surface area contributed by atoms with Crippen LogP contribution >= 0.6 is 0 Å². The van der Waals surface area contributed by atoms with Crippen LogP contribution in [0.3, 0.4) is 0 Å². The third-order valence-corrected chi connectivity index (χ3v) is 4.12. The lowest BCUT2D eigenvalue weighted by atomic mass is 10.1. The molecule has 144 valence electrons. The number of pyridine rings is 1. The van der Waals surface area contributed by atoms with Crippen LogP contribution in [-0.2, 0) is 16.0 Å². The van der Waals surface area contributed by atoms with Gasteiger partial charge in [0.15, 0.2) is 0 Å². The van der Waals surface area contributed by atoms with Gasteiger partial charge >= 0.3 is 5.97 Å². The molecule has 0 aliphatic carbocycles. The molecule has 0 atom stereocenters. The Balaban J connectivity index is 1.80. The van der Waals surface area contributed by atoms with Crippen molar-refractivity contribution in [2.75, 3.05) is 11.9 Å². The molecular formula is C22H24N4O2. The second-order valence-electron chi connectivity index (χ2n) is 6.55. The van der Waals surface area contributed by atoms with E-state index in [4.69, 9.17) is 9.72 Å². The number of nitrogens with zero attached hydrogens (tertiary/aromatic N) is 3. The highest BCUT2D eigenvalue weighted by atomic mass is 16.5. The highest BCUT2D eigenvalue weighted by Crippen LogP contribution is 2.25. The van der Waals surface area contributed by atoms with Crippen molar-refractivity contribution in [3.05, 3.63) is 65.6 Å². The lowest BCUT2D eigenvalue weighted by Gasteiger charge is -2.10. The van der Waals surface area contributed by atoms with E-state index in [9.17, 15) is 4.79 Å². The monoisotopic (exact) mass is 376 g/mol. The first-order valence-electron chi connectivity index (χ1n) is 9.34. The van der Waals surface area contributed by atoms with Crippen LogP contribution in [0.15, 0.2) is 48.7 Å². The van der Waals surface area contributed by atoms with Crippen LogP contribution in [0.4, 0.5) is 11.6 Å². The zero-order chi connectivity index (χ0) is 19.9. The number of aromatic nitrogens is 3. The summed E-state index contributed by atoms with van der Waals surface area (Å²) < 4.78 is 4.99. The summed E-state index contributed by atoms with van der Waals surface area (Å²) in [5.41, 5.74) is 5.63. The number of ether oxygens (including phenoxy) is 1. The number of carbonyl (C=O) groups is 1. The maximum atomic E-state index is 11.6. The van der Waals surface area contributed by atoms with E-state index in [0.717, 1.165) is 33.9 Å². The summed E-state index contributed by atoms with van der Waals surface area (Å²) in [7, 11) is 0. The van der Waals surface area contributed by atoms with Gasteiger partial charge in [0.1, 0.15) is 0 Å². The first kappa shape index (κ1) is 19.5. The van der Waals surface area contributed by atoms with Gasteiger partial charge in [-0.3, -0.25) is 9.78 Å². The minimum Gasteiger partial charge on any atom is -0.466 e. The molecule has 0 saturated heterocycles. The molecule has 2 heterocycles. The van der Waals surface area contributed by atoms with Crippen molar-refractivity contribution >= 4 is 17.6 Å². The van der Waals surface area contributed by atoms with Gasteiger partial charge in [-0.25, -0.2) is 9.97 Å². The number of benzene rings is 1. The fourth-order valence-electron chi connectivity index (χ4n) is 2.88. The summed E-state index contributed by atoms with van der Waals surface area (Å²) in [6.07, 6.45) is 2.62. The fraction of sp³-hybridized carbons (Fsp3) is 0.273. The van der Waals surface area contributed by atoms with E-state index in [1.54, 1.807) is 6.20 Å². The zero-order valence-electron chi connectivity index (χ0n) is 16.4. The quantitative estimate of drug-likeness (QED) is 0.616. The fourth-order valence-corrected chi connectivity index (χ4v) is 2.88. The van der Waals surface area contributed by atoms with Crippen LogP contribution in [0.5, 0.6) is 0 Å². The SMILES string of the molecule is CCOC(=O)CCc1cccc(-c2cc(C)cc(Nc3nccc(C)n3)c2)n1. The van der Waals surface area contributed by atoms with Gasteiger partial charge in [0.05, 0.1) is 18.7 Å². The molecule has 0 bridgehead atoms. The molecule has 0 unspecified atom stereocenters. The topological polar surface area (TPSA) is 77.0 Å². The predicted molar refractivity (Wildman–Crippen MR) is 109 cm³/mol. The average molecular weight is 376 g/mol. The number of nitrogens with one attached hydrogen (secondary N) is 1. The molecule has 28 heavy (non-hydrogen) atoms. The van der Waals surface area contributed by atoms with Crippen molar-refractivity contribution in [1.29, 1.82) is 0 Å². The predicted octanol–water partition coefficient (Wildman–Crippen LogP) is 4.39. The van der Waals surface area contributed by atoms with E-state index >= 15 is 0 Å². The molecule has 1 N–H and O–H groups in total. The standard InChI is InChI=1S/C22H24N4O2/c1-4-28-21(27)9-8-18-6-5-7-20(25-18)17-12-15(2)13-19(14-17)26-22-23-11-10-16(3)24-22/h5-7,10-14H,4,8-9H2,1-3H3,(H,23,24,26). The zero-order valence-corrected chi connectivity index (χ0v) is 16.4. The number of esters is 1. The van der Waals surface area contributed by atoms with Crippen LogP contribution in [0, 0.1) is 13.8 Å². The minimum atomic E-state index is -0.199. The van der Waals surface area contributed by atoms with Gasteiger partial charge in [-0.1, -0.05) is 6.07 Å². The Bertz CT molecular complexity index is 972. The van der Waals surface area contributed by atoms with Gasteiger partial charge < -0.3 is 10.1 Å². The molecule has 0 saturated carbocycles. The maximum absolute atomic E-state index is 11.6. The summed E-state index contributed by atoms with van der Waals surface area (Å²) in [5, 5.41) is 3.25. The second kappa shape index (κ2) is 9.08. The molecule has 0 aliphatic heterocycles. The molecule has 0 aliphatic rings. The van der Waals surface area contributed by atoms with Gasteiger partial charge in [0, 0.05) is 35.3 Å². The molecule has 0 fully saturated rings. The number of hydrogen-bond donors (Lipinski definition) is 1. The number of aryl methyl sites for hydroxylation is 3. The number of rotatable bonds is 7. The van der Waals surface area contributed by atoms with E-state index < -0.39 is 0 Å². The van der Waals surface area contributed by atoms with Crippen LogP contribution in [-0.4, -0.2) is 27.5 Å². The summed E-state index contributed by atoms with van der Waals surface area (Å²) in [6, 6.07) is 13.9. The van der Waals surface area contributed by atoms with Crippen LogP contribution < -0.4 is 5.32 Å². The van der Waals surface area contributed by atoms with Gasteiger partial charge in [-0.05, 0) is 62.7 Å². The van der Waals surface area contributed by atoms with Crippen molar-refractivity contribution in [2.24, 2.45) is 0 Å².